The Morgan fingerprint density at radius 2 is 2.00 bits per heavy atom. The van der Waals surface area contributed by atoms with Crippen LogP contribution in [0.5, 0.6) is 0 Å². The number of amides is 3. The molecule has 0 aliphatic carbocycles. The molecule has 0 saturated carbocycles. The molecule has 2 heterocycles. The number of fused-ring (bicyclic) bond motifs is 1. The fourth-order valence-corrected chi connectivity index (χ4v) is 3.41. The van der Waals surface area contributed by atoms with E-state index in [0.29, 0.717) is 19.5 Å². The summed E-state index contributed by atoms with van der Waals surface area (Å²) >= 11 is 0. The molecular formula is C18H27ClN4O2. The Morgan fingerprint density at radius 1 is 1.24 bits per heavy atom. The number of nitrogens with zero attached hydrogens (tertiary/aromatic N) is 2. The van der Waals surface area contributed by atoms with Crippen LogP contribution in [0.4, 0.5) is 4.79 Å². The minimum atomic E-state index is -0.0781. The van der Waals surface area contributed by atoms with Crippen molar-refractivity contribution < 1.29 is 9.59 Å². The predicted molar refractivity (Wildman–Crippen MR) is 99.9 cm³/mol. The Kier molecular flexibility index (Phi) is 7.08. The van der Waals surface area contributed by atoms with E-state index in [0.717, 1.165) is 32.6 Å². The summed E-state index contributed by atoms with van der Waals surface area (Å²) in [6.07, 6.45) is 1.25. The molecule has 1 saturated heterocycles. The molecule has 6 nitrogen and oxygen atoms in total. The minimum absolute atomic E-state index is 0. The highest BCUT2D eigenvalue weighted by atomic mass is 35.5. The quantitative estimate of drug-likeness (QED) is 0.849. The average molecular weight is 367 g/mol. The van der Waals surface area contributed by atoms with Crippen LogP contribution in [0.25, 0.3) is 0 Å². The Labute approximate surface area is 155 Å². The lowest BCUT2D eigenvalue weighted by molar-refractivity contribution is -0.133. The minimum Gasteiger partial charge on any atom is -0.337 e. The van der Waals surface area contributed by atoms with Crippen molar-refractivity contribution in [3.8, 4) is 0 Å². The number of carbonyl (C=O) groups excluding carboxylic acids is 2. The first-order valence-electron chi connectivity index (χ1n) is 8.75. The molecule has 2 aliphatic rings. The van der Waals surface area contributed by atoms with Gasteiger partial charge in [0, 0.05) is 51.7 Å². The molecule has 0 unspecified atom stereocenters. The van der Waals surface area contributed by atoms with Crippen molar-refractivity contribution in [1.29, 1.82) is 0 Å². The summed E-state index contributed by atoms with van der Waals surface area (Å²) in [5.41, 5.74) is 2.54. The van der Waals surface area contributed by atoms with Crippen LogP contribution in [0.2, 0.25) is 0 Å². The molecule has 1 fully saturated rings. The number of urea groups is 1. The van der Waals surface area contributed by atoms with Crippen LogP contribution in [-0.2, 0) is 17.8 Å². The Hall–Kier alpha value is -1.79. The first kappa shape index (κ1) is 19.5. The molecule has 138 valence electrons. The van der Waals surface area contributed by atoms with Gasteiger partial charge in [-0.25, -0.2) is 4.79 Å². The van der Waals surface area contributed by atoms with E-state index >= 15 is 0 Å². The summed E-state index contributed by atoms with van der Waals surface area (Å²) in [4.78, 5) is 28.3. The van der Waals surface area contributed by atoms with Crippen LogP contribution in [0, 0.1) is 0 Å². The van der Waals surface area contributed by atoms with Crippen LogP contribution >= 0.6 is 12.4 Å². The van der Waals surface area contributed by atoms with Crippen molar-refractivity contribution in [2.24, 2.45) is 0 Å². The van der Waals surface area contributed by atoms with Gasteiger partial charge in [-0.3, -0.25) is 4.79 Å². The molecule has 0 aromatic heterocycles. The van der Waals surface area contributed by atoms with Crippen molar-refractivity contribution in [3.05, 3.63) is 35.4 Å². The SMILES string of the molecule is C[C@H]1CNCCN1C(=O)CCNC(=O)N1CCc2ccccc2C1.Cl. The molecule has 3 rings (SSSR count). The first-order valence-corrected chi connectivity index (χ1v) is 8.75. The van der Waals surface area contributed by atoms with Gasteiger partial charge in [-0.1, -0.05) is 24.3 Å². The maximum absolute atomic E-state index is 12.3. The summed E-state index contributed by atoms with van der Waals surface area (Å²) in [5, 5.41) is 6.17. The zero-order valence-corrected chi connectivity index (χ0v) is 15.5. The van der Waals surface area contributed by atoms with Gasteiger partial charge < -0.3 is 20.4 Å². The molecular weight excluding hydrogens is 340 g/mol. The summed E-state index contributed by atoms with van der Waals surface area (Å²) in [6, 6.07) is 8.39. The van der Waals surface area contributed by atoms with Crippen LogP contribution in [0.3, 0.4) is 0 Å². The second-order valence-electron chi connectivity index (χ2n) is 6.56. The molecule has 25 heavy (non-hydrogen) atoms. The van der Waals surface area contributed by atoms with Crippen molar-refractivity contribution in [2.75, 3.05) is 32.7 Å². The molecule has 1 aromatic carbocycles. The Balaban J connectivity index is 0.00000225. The van der Waals surface area contributed by atoms with Crippen molar-refractivity contribution in [1.82, 2.24) is 20.4 Å². The third kappa shape index (κ3) is 4.86. The molecule has 1 aromatic rings. The highest BCUT2D eigenvalue weighted by Gasteiger charge is 2.23. The van der Waals surface area contributed by atoms with E-state index in [-0.39, 0.29) is 30.4 Å². The van der Waals surface area contributed by atoms with Gasteiger partial charge in [0.05, 0.1) is 0 Å². The van der Waals surface area contributed by atoms with Gasteiger partial charge in [0.15, 0.2) is 0 Å². The lowest BCUT2D eigenvalue weighted by Gasteiger charge is -2.34. The lowest BCUT2D eigenvalue weighted by Crippen LogP contribution is -2.52. The topological polar surface area (TPSA) is 64.7 Å². The molecule has 7 heteroatoms. The van der Waals surface area contributed by atoms with Crippen molar-refractivity contribution in [2.45, 2.75) is 32.4 Å². The van der Waals surface area contributed by atoms with E-state index < -0.39 is 0 Å². The van der Waals surface area contributed by atoms with E-state index in [4.69, 9.17) is 0 Å². The molecule has 2 N–H and O–H groups in total. The number of halogens is 1. The van der Waals surface area contributed by atoms with Crippen LogP contribution < -0.4 is 10.6 Å². The maximum Gasteiger partial charge on any atom is 0.317 e. The standard InChI is InChI=1S/C18H26N4O2.ClH/c1-14-12-19-9-11-22(14)17(23)6-8-20-18(24)21-10-7-15-4-2-3-5-16(15)13-21;/h2-5,14,19H,6-13H2,1H3,(H,20,24);1H/t14-;/m0./s1. The van der Waals surface area contributed by atoms with Gasteiger partial charge >= 0.3 is 6.03 Å². The van der Waals surface area contributed by atoms with Crippen LogP contribution in [0.15, 0.2) is 24.3 Å². The number of rotatable bonds is 3. The number of piperazine rings is 1. The molecule has 2 aliphatic heterocycles. The largest absolute Gasteiger partial charge is 0.337 e. The monoisotopic (exact) mass is 366 g/mol. The third-order valence-corrected chi connectivity index (χ3v) is 4.85. The van der Waals surface area contributed by atoms with Crippen molar-refractivity contribution in [3.63, 3.8) is 0 Å². The zero-order chi connectivity index (χ0) is 16.9. The first-order chi connectivity index (χ1) is 11.6. The summed E-state index contributed by atoms with van der Waals surface area (Å²) in [5.74, 6) is 0.119. The fourth-order valence-electron chi connectivity index (χ4n) is 3.41. The highest BCUT2D eigenvalue weighted by molar-refractivity contribution is 5.85. The smallest absolute Gasteiger partial charge is 0.317 e. The summed E-state index contributed by atoms with van der Waals surface area (Å²) < 4.78 is 0. The third-order valence-electron chi connectivity index (χ3n) is 4.85. The van der Waals surface area contributed by atoms with Gasteiger partial charge in [-0.2, -0.15) is 0 Å². The van der Waals surface area contributed by atoms with Gasteiger partial charge in [-0.15, -0.1) is 12.4 Å². The van der Waals surface area contributed by atoms with Gasteiger partial charge in [0.2, 0.25) is 5.91 Å². The lowest BCUT2D eigenvalue weighted by atomic mass is 10.0. The molecule has 0 spiro atoms. The Morgan fingerprint density at radius 3 is 2.76 bits per heavy atom. The number of hydrogen-bond donors (Lipinski definition) is 2. The molecule has 3 amide bonds. The predicted octanol–water partition coefficient (Wildman–Crippen LogP) is 1.39. The van der Waals surface area contributed by atoms with Gasteiger partial charge in [-0.05, 0) is 24.5 Å². The zero-order valence-electron chi connectivity index (χ0n) is 14.7. The van der Waals surface area contributed by atoms with E-state index in [2.05, 4.69) is 22.8 Å². The van der Waals surface area contributed by atoms with Crippen molar-refractivity contribution >= 4 is 24.3 Å². The average Bonchev–Trinajstić information content (AvgIpc) is 2.61. The van der Waals surface area contributed by atoms with E-state index in [9.17, 15) is 9.59 Å². The van der Waals surface area contributed by atoms with E-state index in [1.165, 1.54) is 11.1 Å². The number of benzene rings is 1. The normalized spacial score (nSPS) is 19.6. The van der Waals surface area contributed by atoms with Gasteiger partial charge in [0.25, 0.3) is 0 Å². The van der Waals surface area contributed by atoms with Crippen LogP contribution in [-0.4, -0.2) is 60.5 Å². The number of carbonyl (C=O) groups is 2. The summed E-state index contributed by atoms with van der Waals surface area (Å²) in [7, 11) is 0. The number of hydrogen-bond acceptors (Lipinski definition) is 3. The number of nitrogens with one attached hydrogen (secondary N) is 2. The molecule has 0 radical (unpaired) electrons. The second kappa shape index (κ2) is 9.06. The van der Waals surface area contributed by atoms with Crippen LogP contribution in [0.1, 0.15) is 24.5 Å². The highest BCUT2D eigenvalue weighted by Crippen LogP contribution is 2.18. The van der Waals surface area contributed by atoms with E-state index in [1.54, 1.807) is 0 Å². The fraction of sp³-hybridized carbons (Fsp3) is 0.556. The van der Waals surface area contributed by atoms with Gasteiger partial charge in [0.1, 0.15) is 0 Å². The molecule has 1 atom stereocenters. The van der Waals surface area contributed by atoms with E-state index in [1.807, 2.05) is 28.9 Å². The maximum atomic E-state index is 12.3. The summed E-state index contributed by atoms with van der Waals surface area (Å²) in [6.45, 7) is 6.24. The second-order valence-corrected chi connectivity index (χ2v) is 6.56. The Bertz CT molecular complexity index is 610. The molecule has 0 bridgehead atoms.